The number of thiophene rings is 1. The first kappa shape index (κ1) is 9.87. The molecule has 0 aliphatic heterocycles. The predicted octanol–water partition coefficient (Wildman–Crippen LogP) is 4.80. The van der Waals surface area contributed by atoms with Crippen LogP contribution in [0.3, 0.4) is 0 Å². The van der Waals surface area contributed by atoms with E-state index in [-0.39, 0.29) is 5.56 Å². The zero-order chi connectivity index (χ0) is 10.3. The Bertz CT molecular complexity index is 476. The Morgan fingerprint density at radius 1 is 1.36 bits per heavy atom. The van der Waals surface area contributed by atoms with Gasteiger partial charge in [-0.05, 0) is 6.92 Å². The molecular formula is C10H7ClF2S. The van der Waals surface area contributed by atoms with E-state index in [1.807, 2.05) is 6.92 Å². The van der Waals surface area contributed by atoms with Crippen LogP contribution in [0.1, 0.15) is 16.9 Å². The quantitative estimate of drug-likeness (QED) is 0.663. The van der Waals surface area contributed by atoms with Crippen molar-refractivity contribution in [1.82, 2.24) is 0 Å². The minimum atomic E-state index is -2.44. The number of benzene rings is 1. The number of aryl methyl sites for hydroxylation is 1. The normalized spacial score (nSPS) is 11.5. The van der Waals surface area contributed by atoms with Crippen molar-refractivity contribution in [2.24, 2.45) is 0 Å². The summed E-state index contributed by atoms with van der Waals surface area (Å²) in [5, 5.41) is 1.32. The zero-order valence-corrected chi connectivity index (χ0v) is 8.92. The minimum Gasteiger partial charge on any atom is -0.205 e. The molecule has 0 unspecified atom stereocenters. The van der Waals surface area contributed by atoms with Crippen LogP contribution >= 0.6 is 22.9 Å². The van der Waals surface area contributed by atoms with E-state index in [2.05, 4.69) is 0 Å². The van der Waals surface area contributed by atoms with Crippen LogP contribution in [0.4, 0.5) is 8.78 Å². The molecule has 74 valence electrons. The van der Waals surface area contributed by atoms with Crippen LogP contribution in [0.5, 0.6) is 0 Å². The lowest BCUT2D eigenvalue weighted by molar-refractivity contribution is 0.153. The Morgan fingerprint density at radius 2 is 2.07 bits per heavy atom. The minimum absolute atomic E-state index is 0.0718. The second-order valence-electron chi connectivity index (χ2n) is 3.00. The van der Waals surface area contributed by atoms with Crippen molar-refractivity contribution >= 4 is 33.0 Å². The lowest BCUT2D eigenvalue weighted by Gasteiger charge is -1.99. The summed E-state index contributed by atoms with van der Waals surface area (Å²) in [4.78, 5) is 0.884. The number of hydrogen-bond donors (Lipinski definition) is 0. The van der Waals surface area contributed by atoms with E-state index in [0.29, 0.717) is 9.72 Å². The van der Waals surface area contributed by atoms with Crippen molar-refractivity contribution in [3.63, 3.8) is 0 Å². The summed E-state index contributed by atoms with van der Waals surface area (Å²) < 4.78 is 25.8. The fourth-order valence-corrected chi connectivity index (χ4v) is 2.79. The van der Waals surface area contributed by atoms with Crippen molar-refractivity contribution < 1.29 is 8.78 Å². The van der Waals surface area contributed by atoms with E-state index in [9.17, 15) is 8.78 Å². The summed E-state index contributed by atoms with van der Waals surface area (Å²) in [6.07, 6.45) is -2.44. The van der Waals surface area contributed by atoms with Gasteiger partial charge in [0.15, 0.2) is 0 Å². The fourth-order valence-electron chi connectivity index (χ4n) is 1.40. The average molecular weight is 233 g/mol. The van der Waals surface area contributed by atoms with E-state index in [1.165, 1.54) is 17.4 Å². The van der Waals surface area contributed by atoms with Crippen LogP contribution < -0.4 is 0 Å². The molecule has 0 N–H and O–H groups in total. The molecular weight excluding hydrogens is 226 g/mol. The van der Waals surface area contributed by atoms with Crippen molar-refractivity contribution in [3.05, 3.63) is 33.7 Å². The number of rotatable bonds is 1. The summed E-state index contributed by atoms with van der Waals surface area (Å²) in [5.41, 5.74) is 0.0718. The van der Waals surface area contributed by atoms with Crippen LogP contribution in [0.25, 0.3) is 10.1 Å². The highest BCUT2D eigenvalue weighted by atomic mass is 35.5. The van der Waals surface area contributed by atoms with Gasteiger partial charge in [-0.3, -0.25) is 0 Å². The topological polar surface area (TPSA) is 0 Å². The second kappa shape index (κ2) is 3.48. The summed E-state index contributed by atoms with van der Waals surface area (Å²) in [6.45, 7) is 1.84. The van der Waals surface area contributed by atoms with Crippen molar-refractivity contribution in [2.45, 2.75) is 13.3 Å². The van der Waals surface area contributed by atoms with Crippen LogP contribution in [0.15, 0.2) is 18.2 Å². The average Bonchev–Trinajstić information content (AvgIpc) is 2.43. The maximum Gasteiger partial charge on any atom is 0.265 e. The lowest BCUT2D eigenvalue weighted by Crippen LogP contribution is -1.82. The Hall–Kier alpha value is -0.670. The van der Waals surface area contributed by atoms with Crippen LogP contribution in [0.2, 0.25) is 5.02 Å². The molecule has 2 rings (SSSR count). The Balaban J connectivity index is 2.81. The first-order chi connectivity index (χ1) is 6.61. The van der Waals surface area contributed by atoms with Gasteiger partial charge in [0.25, 0.3) is 6.43 Å². The highest BCUT2D eigenvalue weighted by molar-refractivity contribution is 7.20. The molecule has 0 aliphatic rings. The van der Waals surface area contributed by atoms with Crippen molar-refractivity contribution in [1.29, 1.82) is 0 Å². The van der Waals surface area contributed by atoms with Gasteiger partial charge in [-0.25, -0.2) is 8.78 Å². The van der Waals surface area contributed by atoms with E-state index >= 15 is 0 Å². The standard InChI is InChI=1S/C10H7ClF2S/c1-5-8(11)6-3-2-4-7(10(12)13)9(6)14-5/h2-4,10H,1H3. The largest absolute Gasteiger partial charge is 0.265 e. The molecule has 0 saturated carbocycles. The first-order valence-electron chi connectivity index (χ1n) is 4.07. The van der Waals surface area contributed by atoms with E-state index in [0.717, 1.165) is 10.3 Å². The van der Waals surface area contributed by atoms with Gasteiger partial charge in [-0.1, -0.05) is 29.8 Å². The first-order valence-corrected chi connectivity index (χ1v) is 5.26. The van der Waals surface area contributed by atoms with Crippen LogP contribution in [-0.4, -0.2) is 0 Å². The van der Waals surface area contributed by atoms with Gasteiger partial charge >= 0.3 is 0 Å². The molecule has 2 aromatic rings. The van der Waals surface area contributed by atoms with Crippen molar-refractivity contribution in [2.75, 3.05) is 0 Å². The van der Waals surface area contributed by atoms with Crippen LogP contribution in [0, 0.1) is 6.92 Å². The molecule has 0 atom stereocenters. The summed E-state index contributed by atoms with van der Waals surface area (Å²) in [5.74, 6) is 0. The lowest BCUT2D eigenvalue weighted by atomic mass is 10.1. The fraction of sp³-hybridized carbons (Fsp3) is 0.200. The van der Waals surface area contributed by atoms with Crippen LogP contribution in [-0.2, 0) is 0 Å². The molecule has 0 fully saturated rings. The molecule has 0 saturated heterocycles. The SMILES string of the molecule is Cc1sc2c(C(F)F)cccc2c1Cl. The third kappa shape index (κ3) is 1.41. The molecule has 0 aliphatic carbocycles. The Morgan fingerprint density at radius 3 is 2.71 bits per heavy atom. The smallest absolute Gasteiger partial charge is 0.205 e. The third-order valence-electron chi connectivity index (χ3n) is 2.08. The molecule has 0 spiro atoms. The molecule has 14 heavy (non-hydrogen) atoms. The molecule has 0 radical (unpaired) electrons. The molecule has 0 nitrogen and oxygen atoms in total. The van der Waals surface area contributed by atoms with Gasteiger partial charge in [-0.2, -0.15) is 0 Å². The molecule has 0 amide bonds. The third-order valence-corrected chi connectivity index (χ3v) is 3.85. The van der Waals surface area contributed by atoms with Gasteiger partial charge in [0.2, 0.25) is 0 Å². The van der Waals surface area contributed by atoms with Gasteiger partial charge in [-0.15, -0.1) is 11.3 Å². The molecule has 4 heteroatoms. The highest BCUT2D eigenvalue weighted by Crippen LogP contribution is 2.39. The predicted molar refractivity (Wildman–Crippen MR) is 56.5 cm³/mol. The van der Waals surface area contributed by atoms with Gasteiger partial charge in [0, 0.05) is 20.5 Å². The molecule has 1 aromatic carbocycles. The summed E-state index contributed by atoms with van der Waals surface area (Å²) in [7, 11) is 0. The Labute approximate surface area is 89.1 Å². The maximum atomic E-state index is 12.6. The summed E-state index contributed by atoms with van der Waals surface area (Å²) >= 11 is 7.31. The monoisotopic (exact) mass is 232 g/mol. The molecule has 1 aromatic heterocycles. The number of alkyl halides is 2. The summed E-state index contributed by atoms with van der Waals surface area (Å²) in [6, 6.07) is 4.83. The van der Waals surface area contributed by atoms with Gasteiger partial charge < -0.3 is 0 Å². The highest BCUT2D eigenvalue weighted by Gasteiger charge is 2.15. The van der Waals surface area contributed by atoms with Gasteiger partial charge in [0.05, 0.1) is 5.02 Å². The molecule has 0 bridgehead atoms. The molecule has 1 heterocycles. The van der Waals surface area contributed by atoms with Gasteiger partial charge in [0.1, 0.15) is 0 Å². The number of halogens is 3. The second-order valence-corrected chi connectivity index (χ2v) is 4.60. The van der Waals surface area contributed by atoms with E-state index < -0.39 is 6.43 Å². The zero-order valence-electron chi connectivity index (χ0n) is 7.35. The number of hydrogen-bond acceptors (Lipinski definition) is 1. The van der Waals surface area contributed by atoms with Crippen molar-refractivity contribution in [3.8, 4) is 0 Å². The van der Waals surface area contributed by atoms with E-state index in [4.69, 9.17) is 11.6 Å². The number of fused-ring (bicyclic) bond motifs is 1. The maximum absolute atomic E-state index is 12.6. The Kier molecular flexibility index (Phi) is 2.45. The van der Waals surface area contributed by atoms with E-state index in [1.54, 1.807) is 12.1 Å².